The van der Waals surface area contributed by atoms with E-state index in [4.69, 9.17) is 10.8 Å². The van der Waals surface area contributed by atoms with Gasteiger partial charge in [-0.2, -0.15) is 0 Å². The minimum atomic E-state index is -1.15. The van der Waals surface area contributed by atoms with Crippen molar-refractivity contribution in [1.29, 1.82) is 0 Å². The largest absolute Gasteiger partial charge is 0.476 e. The topological polar surface area (TPSA) is 118 Å². The number of nitrogens with one attached hydrogen (secondary N) is 1. The Morgan fingerprint density at radius 2 is 2.00 bits per heavy atom. The lowest BCUT2D eigenvalue weighted by Crippen LogP contribution is -2.39. The minimum Gasteiger partial charge on any atom is -0.476 e. The van der Waals surface area contributed by atoms with Gasteiger partial charge in [0.1, 0.15) is 11.9 Å². The number of hydrogen-bond donors (Lipinski definition) is 3. The molecule has 1 atom stereocenters. The van der Waals surface area contributed by atoms with Crippen LogP contribution in [0.1, 0.15) is 24.3 Å². The fourth-order valence-corrected chi connectivity index (χ4v) is 1.25. The molecule has 0 bridgehead atoms. The maximum atomic E-state index is 11.1. The number of anilines is 1. The van der Waals surface area contributed by atoms with Gasteiger partial charge < -0.3 is 16.2 Å². The summed E-state index contributed by atoms with van der Waals surface area (Å²) in [6.07, 6.45) is 0. The summed E-state index contributed by atoms with van der Waals surface area (Å²) in [7, 11) is 0. The van der Waals surface area contributed by atoms with Gasteiger partial charge in [-0.3, -0.25) is 4.79 Å². The van der Waals surface area contributed by atoms with Crippen LogP contribution in [0.2, 0.25) is 0 Å². The summed E-state index contributed by atoms with van der Waals surface area (Å²) in [6, 6.07) is 2.17. The first-order valence-corrected chi connectivity index (χ1v) is 5.04. The van der Waals surface area contributed by atoms with Crippen molar-refractivity contribution in [1.82, 2.24) is 10.2 Å². The smallest absolute Gasteiger partial charge is 0.356 e. The van der Waals surface area contributed by atoms with Gasteiger partial charge in [0.25, 0.3) is 0 Å². The van der Waals surface area contributed by atoms with E-state index in [0.29, 0.717) is 5.82 Å². The summed E-state index contributed by atoms with van der Waals surface area (Å²) in [6.45, 7) is 3.67. The lowest BCUT2D eigenvalue weighted by Gasteiger charge is -2.18. The molecule has 0 aliphatic rings. The first-order valence-electron chi connectivity index (χ1n) is 5.04. The van der Waals surface area contributed by atoms with Crippen LogP contribution in [0.5, 0.6) is 0 Å². The molecule has 0 radical (unpaired) electrons. The molecule has 1 rings (SSSR count). The lowest BCUT2D eigenvalue weighted by molar-refractivity contribution is -0.119. The Hall–Kier alpha value is -2.18. The zero-order valence-electron chi connectivity index (χ0n) is 9.54. The van der Waals surface area contributed by atoms with Crippen LogP contribution in [-0.4, -0.2) is 33.2 Å². The van der Waals surface area contributed by atoms with Gasteiger partial charge in [-0.25, -0.2) is 4.79 Å². The second kappa shape index (κ2) is 5.24. The number of nitrogens with two attached hydrogens (primary N) is 1. The fourth-order valence-electron chi connectivity index (χ4n) is 1.25. The van der Waals surface area contributed by atoms with Gasteiger partial charge in [0.2, 0.25) is 5.91 Å². The highest BCUT2D eigenvalue weighted by atomic mass is 16.4. The van der Waals surface area contributed by atoms with Crippen LogP contribution in [0.3, 0.4) is 0 Å². The molecule has 0 spiro atoms. The molecule has 1 aromatic rings. The van der Waals surface area contributed by atoms with Crippen LogP contribution in [-0.2, 0) is 4.79 Å². The van der Waals surface area contributed by atoms with Crippen molar-refractivity contribution in [3.8, 4) is 0 Å². The normalized spacial score (nSPS) is 12.2. The molecule has 0 fully saturated rings. The zero-order chi connectivity index (χ0) is 13.0. The van der Waals surface area contributed by atoms with E-state index < -0.39 is 17.9 Å². The standard InChI is InChI=1S/C10H14N4O3/c1-5(2)8(9(11)15)12-7-4-3-6(10(16)17)13-14-7/h3-5,8H,1-2H3,(H2,11,15)(H,12,14)(H,16,17). The Morgan fingerprint density at radius 3 is 2.35 bits per heavy atom. The summed E-state index contributed by atoms with van der Waals surface area (Å²) in [5.74, 6) is -1.34. The van der Waals surface area contributed by atoms with Gasteiger partial charge in [-0.1, -0.05) is 13.8 Å². The van der Waals surface area contributed by atoms with E-state index in [2.05, 4.69) is 15.5 Å². The first kappa shape index (κ1) is 12.9. The summed E-state index contributed by atoms with van der Waals surface area (Å²) < 4.78 is 0. The average Bonchev–Trinajstić information content (AvgIpc) is 2.25. The second-order valence-electron chi connectivity index (χ2n) is 3.88. The second-order valence-corrected chi connectivity index (χ2v) is 3.88. The monoisotopic (exact) mass is 238 g/mol. The maximum absolute atomic E-state index is 11.1. The molecule has 0 aliphatic heterocycles. The third-order valence-corrected chi connectivity index (χ3v) is 2.16. The zero-order valence-corrected chi connectivity index (χ0v) is 9.54. The fraction of sp³-hybridized carbons (Fsp3) is 0.400. The number of rotatable bonds is 5. The molecule has 0 saturated carbocycles. The van der Waals surface area contributed by atoms with Gasteiger partial charge >= 0.3 is 5.97 Å². The highest BCUT2D eigenvalue weighted by Gasteiger charge is 2.19. The van der Waals surface area contributed by atoms with Crippen LogP contribution in [0.4, 0.5) is 5.82 Å². The van der Waals surface area contributed by atoms with E-state index in [1.807, 2.05) is 13.8 Å². The molecule has 0 aliphatic carbocycles. The van der Waals surface area contributed by atoms with E-state index in [-0.39, 0.29) is 11.6 Å². The van der Waals surface area contributed by atoms with Crippen molar-refractivity contribution in [3.05, 3.63) is 17.8 Å². The SMILES string of the molecule is CC(C)C(Nc1ccc(C(=O)O)nn1)C(N)=O. The number of carbonyl (C=O) groups is 2. The molecule has 7 heteroatoms. The van der Waals surface area contributed by atoms with Crippen LogP contribution >= 0.6 is 0 Å². The van der Waals surface area contributed by atoms with Crippen LogP contribution < -0.4 is 11.1 Å². The summed E-state index contributed by atoms with van der Waals surface area (Å²) in [5, 5.41) is 18.6. The van der Waals surface area contributed by atoms with E-state index >= 15 is 0 Å². The molecule has 4 N–H and O–H groups in total. The number of primary amides is 1. The summed E-state index contributed by atoms with van der Waals surface area (Å²) >= 11 is 0. The van der Waals surface area contributed by atoms with Crippen molar-refractivity contribution in [3.63, 3.8) is 0 Å². The van der Waals surface area contributed by atoms with E-state index in [9.17, 15) is 9.59 Å². The molecule has 0 aromatic carbocycles. The molecule has 1 amide bonds. The minimum absolute atomic E-state index is 0.00606. The Bertz CT molecular complexity index is 416. The van der Waals surface area contributed by atoms with Gasteiger partial charge in [-0.05, 0) is 18.1 Å². The number of carbonyl (C=O) groups excluding carboxylic acids is 1. The third kappa shape index (κ3) is 3.40. The van der Waals surface area contributed by atoms with E-state index in [0.717, 1.165) is 0 Å². The average molecular weight is 238 g/mol. The Kier molecular flexibility index (Phi) is 3.97. The Balaban J connectivity index is 2.80. The maximum Gasteiger partial charge on any atom is 0.356 e. The van der Waals surface area contributed by atoms with Crippen molar-refractivity contribution in [2.24, 2.45) is 11.7 Å². The number of carboxylic acids is 1. The Labute approximate surface area is 98.0 Å². The number of aromatic nitrogens is 2. The predicted molar refractivity (Wildman–Crippen MR) is 60.4 cm³/mol. The number of aromatic carboxylic acids is 1. The van der Waals surface area contributed by atoms with E-state index in [1.54, 1.807) is 0 Å². The molecular weight excluding hydrogens is 224 g/mol. The van der Waals surface area contributed by atoms with Gasteiger partial charge in [0.05, 0.1) is 0 Å². The molecule has 7 nitrogen and oxygen atoms in total. The highest BCUT2D eigenvalue weighted by Crippen LogP contribution is 2.09. The van der Waals surface area contributed by atoms with Crippen LogP contribution in [0.15, 0.2) is 12.1 Å². The van der Waals surface area contributed by atoms with E-state index in [1.165, 1.54) is 12.1 Å². The molecule has 17 heavy (non-hydrogen) atoms. The molecule has 1 heterocycles. The first-order chi connectivity index (χ1) is 7.91. The van der Waals surface area contributed by atoms with Crippen molar-refractivity contribution < 1.29 is 14.7 Å². The molecule has 1 unspecified atom stereocenters. The highest BCUT2D eigenvalue weighted by molar-refractivity contribution is 5.85. The number of hydrogen-bond acceptors (Lipinski definition) is 5. The predicted octanol–water partition coefficient (Wildman–Crippen LogP) is 0.0966. The molecule has 1 aromatic heterocycles. The molecular formula is C10H14N4O3. The number of nitrogens with zero attached hydrogens (tertiary/aromatic N) is 2. The van der Waals surface area contributed by atoms with Crippen molar-refractivity contribution >= 4 is 17.7 Å². The number of amides is 1. The van der Waals surface area contributed by atoms with Gasteiger partial charge in [0, 0.05) is 0 Å². The summed E-state index contributed by atoms with van der Waals surface area (Å²) in [5.41, 5.74) is 5.06. The van der Waals surface area contributed by atoms with Crippen LogP contribution in [0.25, 0.3) is 0 Å². The number of carboxylic acid groups (broad SMARTS) is 1. The van der Waals surface area contributed by atoms with Crippen LogP contribution in [0, 0.1) is 5.92 Å². The molecule has 92 valence electrons. The third-order valence-electron chi connectivity index (χ3n) is 2.16. The summed E-state index contributed by atoms with van der Waals surface area (Å²) in [4.78, 5) is 21.7. The lowest BCUT2D eigenvalue weighted by atomic mass is 10.0. The van der Waals surface area contributed by atoms with Gasteiger partial charge in [-0.15, -0.1) is 10.2 Å². The van der Waals surface area contributed by atoms with Gasteiger partial charge in [0.15, 0.2) is 5.69 Å². The Morgan fingerprint density at radius 1 is 1.35 bits per heavy atom. The van der Waals surface area contributed by atoms with Crippen molar-refractivity contribution in [2.75, 3.05) is 5.32 Å². The molecule has 0 saturated heterocycles. The van der Waals surface area contributed by atoms with Crippen molar-refractivity contribution in [2.45, 2.75) is 19.9 Å². The quantitative estimate of drug-likeness (QED) is 0.669.